The summed E-state index contributed by atoms with van der Waals surface area (Å²) in [6.45, 7) is 0. The Bertz CT molecular complexity index is 434. The molecule has 1 fully saturated rings. The number of rotatable bonds is 4. The lowest BCUT2D eigenvalue weighted by Gasteiger charge is -2.36. The van der Waals surface area contributed by atoms with Gasteiger partial charge >= 0.3 is 0 Å². The summed E-state index contributed by atoms with van der Waals surface area (Å²) in [5.41, 5.74) is -3.22. The van der Waals surface area contributed by atoms with Crippen LogP contribution >= 0.6 is 0 Å². The molecule has 18 heavy (non-hydrogen) atoms. The number of hydrogen-bond acceptors (Lipinski definition) is 6. The second kappa shape index (κ2) is 5.44. The van der Waals surface area contributed by atoms with Gasteiger partial charge in [-0.05, 0) is 12.8 Å². The quantitative estimate of drug-likeness (QED) is 0.726. The highest BCUT2D eigenvalue weighted by atomic mass is 32.2. The van der Waals surface area contributed by atoms with Gasteiger partial charge in [0.1, 0.15) is 0 Å². The molecular weight excluding hydrogens is 280 g/mol. The van der Waals surface area contributed by atoms with Gasteiger partial charge < -0.3 is 10.2 Å². The molecule has 0 spiro atoms. The molecule has 0 aromatic carbocycles. The molecule has 0 amide bonds. The van der Waals surface area contributed by atoms with Gasteiger partial charge in [-0.3, -0.25) is 0 Å². The molecule has 4 atom stereocenters. The van der Waals surface area contributed by atoms with Crippen molar-refractivity contribution >= 4 is 19.7 Å². The van der Waals surface area contributed by atoms with E-state index in [2.05, 4.69) is 0 Å². The van der Waals surface area contributed by atoms with Crippen molar-refractivity contribution < 1.29 is 27.0 Å². The van der Waals surface area contributed by atoms with E-state index in [1.165, 1.54) is 0 Å². The zero-order valence-corrected chi connectivity index (χ0v) is 12.1. The molecule has 0 aromatic heterocycles. The summed E-state index contributed by atoms with van der Waals surface area (Å²) >= 11 is 0. The van der Waals surface area contributed by atoms with Crippen molar-refractivity contribution in [2.75, 3.05) is 12.5 Å². The maximum Gasteiger partial charge on any atom is 0.174 e. The van der Waals surface area contributed by atoms with E-state index in [4.69, 9.17) is 0 Å². The minimum Gasteiger partial charge on any atom is -0.377 e. The Hall–Kier alpha value is -0.180. The van der Waals surface area contributed by atoms with Crippen LogP contribution in [0.2, 0.25) is 0 Å². The highest BCUT2D eigenvalue weighted by molar-refractivity contribution is 7.91. The SMILES string of the molecule is CS(=O)(=O)C(O)C1CCCCC1C(O)S(C)(=O)=O. The van der Waals surface area contributed by atoms with Gasteiger partial charge in [0.05, 0.1) is 0 Å². The topological polar surface area (TPSA) is 109 Å². The van der Waals surface area contributed by atoms with Gasteiger partial charge in [0.15, 0.2) is 30.5 Å². The van der Waals surface area contributed by atoms with Crippen molar-refractivity contribution in [3.8, 4) is 0 Å². The van der Waals surface area contributed by atoms with E-state index in [1.54, 1.807) is 0 Å². The first-order chi connectivity index (χ1) is 8.05. The summed E-state index contributed by atoms with van der Waals surface area (Å²) in [5.74, 6) is -1.45. The largest absolute Gasteiger partial charge is 0.377 e. The number of hydrogen-bond donors (Lipinski definition) is 2. The van der Waals surface area contributed by atoms with E-state index < -0.39 is 42.4 Å². The van der Waals surface area contributed by atoms with Gasteiger partial charge in [0, 0.05) is 24.3 Å². The fraction of sp³-hybridized carbons (Fsp3) is 1.00. The normalized spacial score (nSPS) is 29.8. The number of aliphatic hydroxyl groups is 2. The van der Waals surface area contributed by atoms with E-state index in [0.717, 1.165) is 25.4 Å². The Labute approximate surface area is 108 Å². The van der Waals surface area contributed by atoms with Crippen molar-refractivity contribution in [1.29, 1.82) is 0 Å². The van der Waals surface area contributed by atoms with Crippen molar-refractivity contribution in [2.45, 2.75) is 36.6 Å². The fourth-order valence-corrected chi connectivity index (χ4v) is 4.48. The third-order valence-electron chi connectivity index (χ3n) is 3.48. The van der Waals surface area contributed by atoms with Gasteiger partial charge in [-0.1, -0.05) is 12.8 Å². The van der Waals surface area contributed by atoms with Gasteiger partial charge in [-0.2, -0.15) is 0 Å². The lowest BCUT2D eigenvalue weighted by molar-refractivity contribution is 0.0477. The molecule has 0 radical (unpaired) electrons. The van der Waals surface area contributed by atoms with Crippen molar-refractivity contribution in [2.24, 2.45) is 11.8 Å². The Balaban J connectivity index is 3.01. The molecule has 8 heteroatoms. The highest BCUT2D eigenvalue weighted by Gasteiger charge is 2.42. The van der Waals surface area contributed by atoms with Crippen LogP contribution in [0.3, 0.4) is 0 Å². The van der Waals surface area contributed by atoms with E-state index in [1.807, 2.05) is 0 Å². The summed E-state index contributed by atoms with van der Waals surface area (Å²) in [6, 6.07) is 0. The van der Waals surface area contributed by atoms with Crippen molar-refractivity contribution in [3.05, 3.63) is 0 Å². The molecule has 108 valence electrons. The summed E-state index contributed by atoms with van der Waals surface area (Å²) in [6.07, 6.45) is 4.09. The predicted octanol–water partition coefficient (Wildman–Crippen LogP) is -0.481. The number of aliphatic hydroxyl groups excluding tert-OH is 2. The minimum absolute atomic E-state index is 0.408. The second-order valence-electron chi connectivity index (χ2n) is 5.05. The first kappa shape index (κ1) is 15.9. The molecule has 1 aliphatic rings. The predicted molar refractivity (Wildman–Crippen MR) is 67.1 cm³/mol. The van der Waals surface area contributed by atoms with E-state index >= 15 is 0 Å². The Morgan fingerprint density at radius 3 is 1.33 bits per heavy atom. The van der Waals surface area contributed by atoms with Crippen LogP contribution in [-0.2, 0) is 19.7 Å². The number of sulfone groups is 2. The van der Waals surface area contributed by atoms with Crippen LogP contribution in [0.4, 0.5) is 0 Å². The zero-order chi connectivity index (χ0) is 14.1. The van der Waals surface area contributed by atoms with E-state index in [-0.39, 0.29) is 0 Å². The molecule has 1 saturated carbocycles. The third-order valence-corrected chi connectivity index (χ3v) is 5.94. The van der Waals surface area contributed by atoms with Gasteiger partial charge in [0.25, 0.3) is 0 Å². The maximum absolute atomic E-state index is 11.4. The Morgan fingerprint density at radius 1 is 0.833 bits per heavy atom. The van der Waals surface area contributed by atoms with Crippen molar-refractivity contribution in [3.63, 3.8) is 0 Å². The Morgan fingerprint density at radius 2 is 1.11 bits per heavy atom. The van der Waals surface area contributed by atoms with Crippen LogP contribution in [0.1, 0.15) is 25.7 Å². The van der Waals surface area contributed by atoms with Gasteiger partial charge in [-0.15, -0.1) is 0 Å². The van der Waals surface area contributed by atoms with Crippen LogP contribution in [0, 0.1) is 11.8 Å². The smallest absolute Gasteiger partial charge is 0.174 e. The monoisotopic (exact) mass is 300 g/mol. The molecule has 0 aromatic rings. The zero-order valence-electron chi connectivity index (χ0n) is 10.5. The second-order valence-corrected chi connectivity index (χ2v) is 9.34. The lowest BCUT2D eigenvalue weighted by Crippen LogP contribution is -2.43. The molecule has 2 N–H and O–H groups in total. The molecule has 0 aliphatic heterocycles. The standard InChI is InChI=1S/C10H20O6S2/c1-17(13,14)9(11)7-5-3-4-6-8(7)10(12)18(2,15)16/h7-12H,3-6H2,1-2H3. The minimum atomic E-state index is -3.66. The van der Waals surface area contributed by atoms with E-state index in [9.17, 15) is 27.0 Å². The molecule has 6 nitrogen and oxygen atoms in total. The first-order valence-corrected chi connectivity index (χ1v) is 9.70. The fourth-order valence-electron chi connectivity index (χ4n) is 2.53. The third kappa shape index (κ3) is 3.66. The highest BCUT2D eigenvalue weighted by Crippen LogP contribution is 2.37. The molecule has 0 bridgehead atoms. The molecular formula is C10H20O6S2. The molecule has 1 aliphatic carbocycles. The average molecular weight is 300 g/mol. The summed E-state index contributed by atoms with van der Waals surface area (Å²) in [7, 11) is -7.33. The average Bonchev–Trinajstić information content (AvgIpc) is 2.24. The van der Waals surface area contributed by atoms with Crippen molar-refractivity contribution in [1.82, 2.24) is 0 Å². The lowest BCUT2D eigenvalue weighted by atomic mass is 9.80. The van der Waals surface area contributed by atoms with Crippen LogP contribution in [0.5, 0.6) is 0 Å². The Kier molecular flexibility index (Phi) is 4.80. The molecule has 0 heterocycles. The van der Waals surface area contributed by atoms with Crippen LogP contribution in [0.15, 0.2) is 0 Å². The summed E-state index contributed by atoms with van der Waals surface area (Å²) < 4.78 is 45.5. The van der Waals surface area contributed by atoms with Gasteiger partial charge in [0.2, 0.25) is 0 Å². The first-order valence-electron chi connectivity index (χ1n) is 5.79. The van der Waals surface area contributed by atoms with Crippen LogP contribution in [-0.4, -0.2) is 50.4 Å². The maximum atomic E-state index is 11.4. The molecule has 0 saturated heterocycles. The van der Waals surface area contributed by atoms with Gasteiger partial charge in [-0.25, -0.2) is 16.8 Å². The van der Waals surface area contributed by atoms with Crippen LogP contribution in [0.25, 0.3) is 0 Å². The van der Waals surface area contributed by atoms with Crippen LogP contribution < -0.4 is 0 Å². The summed E-state index contributed by atoms with van der Waals surface area (Å²) in [5, 5.41) is 19.6. The van der Waals surface area contributed by atoms with E-state index in [0.29, 0.717) is 12.8 Å². The molecule has 1 rings (SSSR count). The summed E-state index contributed by atoms with van der Waals surface area (Å²) in [4.78, 5) is 0. The molecule has 4 unspecified atom stereocenters.